The van der Waals surface area contributed by atoms with Crippen molar-refractivity contribution < 1.29 is 9.53 Å². The van der Waals surface area contributed by atoms with E-state index in [4.69, 9.17) is 9.84 Å². The van der Waals surface area contributed by atoms with Gasteiger partial charge in [-0.15, -0.1) is 0 Å². The molecule has 34 heavy (non-hydrogen) atoms. The quantitative estimate of drug-likeness (QED) is 0.323. The van der Waals surface area contributed by atoms with Crippen molar-refractivity contribution in [2.75, 3.05) is 5.01 Å². The number of hydrazone groups is 1. The van der Waals surface area contributed by atoms with Gasteiger partial charge in [-0.2, -0.15) is 10.1 Å². The van der Waals surface area contributed by atoms with Gasteiger partial charge in [0.25, 0.3) is 5.91 Å². The van der Waals surface area contributed by atoms with E-state index in [1.165, 1.54) is 10.6 Å². The van der Waals surface area contributed by atoms with E-state index in [2.05, 4.69) is 31.2 Å². The van der Waals surface area contributed by atoms with Crippen LogP contribution in [0.25, 0.3) is 6.08 Å². The number of ether oxygens (including phenoxy) is 1. The van der Waals surface area contributed by atoms with Crippen LogP contribution in [0.2, 0.25) is 0 Å². The molecule has 0 bridgehead atoms. The summed E-state index contributed by atoms with van der Waals surface area (Å²) in [6, 6.07) is 35.3. The first-order valence-corrected chi connectivity index (χ1v) is 11.2. The number of para-hydroxylation sites is 1. The third-order valence-corrected chi connectivity index (χ3v) is 5.62. The number of anilines is 1. The van der Waals surface area contributed by atoms with E-state index in [1.54, 1.807) is 0 Å². The number of benzene rings is 4. The average molecular weight is 445 g/mol. The fourth-order valence-corrected chi connectivity index (χ4v) is 3.81. The summed E-state index contributed by atoms with van der Waals surface area (Å²) in [5.74, 6) is 0.592. The molecular formula is C30H24N2O2. The molecule has 5 rings (SSSR count). The lowest BCUT2D eigenvalue weighted by Gasteiger charge is -2.11. The highest BCUT2D eigenvalue weighted by molar-refractivity contribution is 6.37. The molecule has 0 N–H and O–H groups in total. The van der Waals surface area contributed by atoms with Crippen LogP contribution < -0.4 is 9.75 Å². The summed E-state index contributed by atoms with van der Waals surface area (Å²) in [4.78, 5) is 13.4. The van der Waals surface area contributed by atoms with Gasteiger partial charge in [0, 0.05) is 5.56 Å². The van der Waals surface area contributed by atoms with Gasteiger partial charge < -0.3 is 4.74 Å². The third kappa shape index (κ3) is 4.66. The fraction of sp³-hybridized carbons (Fsp3) is 0.0667. The molecule has 166 valence electrons. The Balaban J connectivity index is 1.45. The molecule has 0 unspecified atom stereocenters. The van der Waals surface area contributed by atoms with Gasteiger partial charge >= 0.3 is 0 Å². The summed E-state index contributed by atoms with van der Waals surface area (Å²) in [5.41, 5.74) is 6.04. The van der Waals surface area contributed by atoms with E-state index in [-0.39, 0.29) is 5.91 Å². The van der Waals surface area contributed by atoms with Gasteiger partial charge in [-0.3, -0.25) is 4.79 Å². The smallest absolute Gasteiger partial charge is 0.281 e. The number of hydrogen-bond acceptors (Lipinski definition) is 3. The Morgan fingerprint density at radius 1 is 0.824 bits per heavy atom. The number of carbonyl (C=O) groups is 1. The molecule has 1 aliphatic heterocycles. The first-order valence-electron chi connectivity index (χ1n) is 11.2. The molecule has 4 aromatic rings. The Kier molecular flexibility index (Phi) is 6.04. The van der Waals surface area contributed by atoms with Crippen molar-refractivity contribution in [3.05, 3.63) is 137 Å². The fourth-order valence-electron chi connectivity index (χ4n) is 3.81. The summed E-state index contributed by atoms with van der Waals surface area (Å²) in [6.07, 6.45) is 1.88. The number of aryl methyl sites for hydroxylation is 1. The minimum Gasteiger partial charge on any atom is -0.489 e. The predicted octanol–water partition coefficient (Wildman–Crippen LogP) is 6.41. The van der Waals surface area contributed by atoms with Crippen molar-refractivity contribution in [3.63, 3.8) is 0 Å². The normalized spacial score (nSPS) is 14.4. The highest BCUT2D eigenvalue weighted by atomic mass is 16.5. The molecule has 4 heteroatoms. The summed E-state index contributed by atoms with van der Waals surface area (Å²) < 4.78 is 6.01. The molecule has 4 nitrogen and oxygen atoms in total. The van der Waals surface area contributed by atoms with Gasteiger partial charge in [0.1, 0.15) is 18.1 Å². The monoisotopic (exact) mass is 444 g/mol. The van der Waals surface area contributed by atoms with Crippen LogP contribution in [0.4, 0.5) is 5.69 Å². The number of carbonyl (C=O) groups excluding carboxylic acids is 1. The zero-order chi connectivity index (χ0) is 23.3. The molecule has 0 aliphatic carbocycles. The highest BCUT2D eigenvalue weighted by Gasteiger charge is 2.31. The van der Waals surface area contributed by atoms with Gasteiger partial charge in [-0.05, 0) is 48.4 Å². The van der Waals surface area contributed by atoms with E-state index in [0.717, 1.165) is 28.1 Å². The molecule has 0 radical (unpaired) electrons. The molecule has 1 amide bonds. The Morgan fingerprint density at radius 2 is 1.53 bits per heavy atom. The lowest BCUT2D eigenvalue weighted by Crippen LogP contribution is -2.21. The van der Waals surface area contributed by atoms with Crippen LogP contribution in [-0.2, 0) is 11.4 Å². The molecular weight excluding hydrogens is 420 g/mol. The summed E-state index contributed by atoms with van der Waals surface area (Å²) >= 11 is 0. The van der Waals surface area contributed by atoms with Crippen molar-refractivity contribution in [2.45, 2.75) is 13.5 Å². The van der Waals surface area contributed by atoms with Crippen molar-refractivity contribution in [3.8, 4) is 5.75 Å². The Labute approximate surface area is 199 Å². The molecule has 0 aromatic heterocycles. The Morgan fingerprint density at radius 3 is 2.26 bits per heavy atom. The van der Waals surface area contributed by atoms with Gasteiger partial charge in [-0.1, -0.05) is 90.5 Å². The summed E-state index contributed by atoms with van der Waals surface area (Å²) in [5, 5.41) is 6.16. The SMILES string of the molecule is Cc1ccc(COc2cccc(/C=C3/C(=O)N(c4ccccc4)N=C3c3ccccc3)c2)cc1. The molecule has 0 fully saturated rings. The predicted molar refractivity (Wildman–Crippen MR) is 137 cm³/mol. The maximum Gasteiger partial charge on any atom is 0.281 e. The molecule has 0 saturated heterocycles. The molecule has 1 aliphatic rings. The van der Waals surface area contributed by atoms with Gasteiger partial charge in [0.15, 0.2) is 0 Å². The van der Waals surface area contributed by atoms with Crippen LogP contribution in [0.5, 0.6) is 5.75 Å². The number of rotatable bonds is 6. The maximum atomic E-state index is 13.4. The van der Waals surface area contributed by atoms with E-state index < -0.39 is 0 Å². The Hall–Kier alpha value is -4.44. The Bertz CT molecular complexity index is 1360. The number of amides is 1. The van der Waals surface area contributed by atoms with Crippen LogP contribution in [0.15, 0.2) is 120 Å². The maximum absolute atomic E-state index is 13.4. The minimum atomic E-state index is -0.156. The van der Waals surface area contributed by atoms with E-state index in [0.29, 0.717) is 17.9 Å². The standard InChI is InChI=1S/C30H24N2O2/c1-22-15-17-23(18-16-22)21-34-27-14-8-9-24(19-27)20-28-29(25-10-4-2-5-11-25)31-32(30(28)33)26-12-6-3-7-13-26/h2-20H,21H2,1H3/b28-20+. The van der Waals surface area contributed by atoms with Crippen LogP contribution in [0.1, 0.15) is 22.3 Å². The molecule has 0 spiro atoms. The van der Waals surface area contributed by atoms with Gasteiger partial charge in [0.2, 0.25) is 0 Å². The van der Waals surface area contributed by atoms with E-state index in [1.807, 2.05) is 91.0 Å². The summed E-state index contributed by atoms with van der Waals surface area (Å²) in [7, 11) is 0. The first kappa shape index (κ1) is 21.4. The zero-order valence-electron chi connectivity index (χ0n) is 18.9. The number of hydrogen-bond donors (Lipinski definition) is 0. The second-order valence-electron chi connectivity index (χ2n) is 8.17. The summed E-state index contributed by atoms with van der Waals surface area (Å²) in [6.45, 7) is 2.55. The molecule has 4 aromatic carbocycles. The van der Waals surface area contributed by atoms with E-state index in [9.17, 15) is 4.79 Å². The molecule has 0 saturated carbocycles. The van der Waals surface area contributed by atoms with Crippen molar-refractivity contribution in [1.29, 1.82) is 0 Å². The topological polar surface area (TPSA) is 41.9 Å². The van der Waals surface area contributed by atoms with Crippen molar-refractivity contribution >= 4 is 23.4 Å². The number of nitrogens with zero attached hydrogens (tertiary/aromatic N) is 2. The first-order chi connectivity index (χ1) is 16.7. The lowest BCUT2D eigenvalue weighted by molar-refractivity contribution is -0.114. The molecule has 0 atom stereocenters. The second kappa shape index (κ2) is 9.59. The van der Waals surface area contributed by atoms with Crippen molar-refractivity contribution in [2.24, 2.45) is 5.10 Å². The largest absolute Gasteiger partial charge is 0.489 e. The van der Waals surface area contributed by atoms with Crippen LogP contribution in [0, 0.1) is 6.92 Å². The third-order valence-electron chi connectivity index (χ3n) is 5.62. The molecule has 1 heterocycles. The van der Waals surface area contributed by atoms with Crippen LogP contribution in [0.3, 0.4) is 0 Å². The lowest BCUT2D eigenvalue weighted by atomic mass is 10.00. The average Bonchev–Trinajstić information content (AvgIpc) is 3.21. The van der Waals surface area contributed by atoms with Crippen LogP contribution in [-0.4, -0.2) is 11.6 Å². The van der Waals surface area contributed by atoms with Crippen LogP contribution >= 0.6 is 0 Å². The van der Waals surface area contributed by atoms with Gasteiger partial charge in [-0.25, -0.2) is 0 Å². The minimum absolute atomic E-state index is 0.156. The van der Waals surface area contributed by atoms with Gasteiger partial charge in [0.05, 0.1) is 11.3 Å². The zero-order valence-corrected chi connectivity index (χ0v) is 18.9. The van der Waals surface area contributed by atoms with Crippen molar-refractivity contribution in [1.82, 2.24) is 0 Å². The highest BCUT2D eigenvalue weighted by Crippen LogP contribution is 2.28. The second-order valence-corrected chi connectivity index (χ2v) is 8.17. The van der Waals surface area contributed by atoms with E-state index >= 15 is 0 Å².